The quantitative estimate of drug-likeness (QED) is 0.266. The van der Waals surface area contributed by atoms with Crippen molar-refractivity contribution in [2.75, 3.05) is 47.3 Å². The number of aliphatic imine (C=N–C) groups is 1. The second-order valence-corrected chi connectivity index (χ2v) is 11.3. The van der Waals surface area contributed by atoms with Crippen molar-refractivity contribution in [2.24, 2.45) is 4.99 Å². The van der Waals surface area contributed by atoms with Gasteiger partial charge in [0.05, 0.1) is 5.71 Å². The molecule has 250 valence electrons. The molecule has 1 unspecified atom stereocenters. The lowest BCUT2D eigenvalue weighted by atomic mass is 10.1. The smallest absolute Gasteiger partial charge is 0.222 e. The number of nitrogens with one attached hydrogen (secondary N) is 2. The lowest BCUT2D eigenvalue weighted by Crippen LogP contribution is -2.46. The van der Waals surface area contributed by atoms with Gasteiger partial charge in [-0.15, -0.1) is 0 Å². The molecule has 0 spiro atoms. The molecule has 1 aliphatic rings. The minimum Gasteiger partial charge on any atom is -0.354 e. The molecule has 1 aliphatic heterocycles. The lowest BCUT2D eigenvalue weighted by molar-refractivity contribution is -0.132. The van der Waals surface area contributed by atoms with Gasteiger partial charge in [-0.25, -0.2) is 4.39 Å². The highest BCUT2D eigenvalue weighted by Crippen LogP contribution is 2.11. The van der Waals surface area contributed by atoms with Gasteiger partial charge < -0.3 is 25.2 Å². The van der Waals surface area contributed by atoms with Crippen LogP contribution in [0.15, 0.2) is 65.2 Å². The zero-order chi connectivity index (χ0) is 34.2. The van der Waals surface area contributed by atoms with Crippen LogP contribution < -0.4 is 10.6 Å². The van der Waals surface area contributed by atoms with Crippen LogP contribution in [0.1, 0.15) is 70.6 Å². The Labute approximate surface area is 271 Å². The summed E-state index contributed by atoms with van der Waals surface area (Å²) < 4.78 is 13.2. The van der Waals surface area contributed by atoms with Crippen molar-refractivity contribution < 1.29 is 18.8 Å². The average Bonchev–Trinajstić information content (AvgIpc) is 3.02. The fourth-order valence-corrected chi connectivity index (χ4v) is 4.35. The number of rotatable bonds is 10. The van der Waals surface area contributed by atoms with Gasteiger partial charge >= 0.3 is 0 Å². The molecule has 1 saturated heterocycles. The van der Waals surface area contributed by atoms with Crippen LogP contribution >= 0.6 is 0 Å². The Morgan fingerprint density at radius 2 is 1.64 bits per heavy atom. The van der Waals surface area contributed by atoms with Crippen LogP contribution in [0, 0.1) is 12.7 Å². The first-order valence-corrected chi connectivity index (χ1v) is 15.6. The number of hydrogen-bond acceptors (Lipinski definition) is 6. The van der Waals surface area contributed by atoms with Gasteiger partial charge in [0.15, 0.2) is 0 Å². The molecule has 0 radical (unpaired) electrons. The molecule has 1 fully saturated rings. The number of halogens is 1. The predicted octanol–water partition coefficient (Wildman–Crippen LogP) is 5.59. The number of nitrogens with zero attached hydrogens (tertiary/aromatic N) is 3. The van der Waals surface area contributed by atoms with E-state index in [1.165, 1.54) is 25.0 Å². The van der Waals surface area contributed by atoms with E-state index in [9.17, 15) is 18.8 Å². The molecule has 8 nitrogen and oxygen atoms in total. The summed E-state index contributed by atoms with van der Waals surface area (Å²) in [5.74, 6) is 0.244. The SMILES string of the molecule is CC(C)=O.CCC(CCC(=O)N1CCNCC1)N(C)C.CN=C(C=C(C)C)c1ccccc1.Cc1cccc(CNC=O)c1F. The van der Waals surface area contributed by atoms with Gasteiger partial charge in [0.2, 0.25) is 12.3 Å². The maximum atomic E-state index is 13.2. The third kappa shape index (κ3) is 19.3. The standard InChI is InChI=1S/C12H25N3O.C12H15N.C9H10FNO.C3H6O/c1-4-11(14(2)3)5-6-12(16)15-9-7-13-8-10-15;1-10(2)9-12(13-3)11-7-5-4-6-8-11;1-7-3-2-4-8(9(7)10)5-11-6-12;1-3(2)4/h11,13H,4-10H2,1-3H3;4-9H,1-3H3;2-4,6H,5H2,1H3,(H,11,12);1-2H3. The lowest BCUT2D eigenvalue weighted by Gasteiger charge is -2.29. The van der Waals surface area contributed by atoms with Gasteiger partial charge in [-0.05, 0) is 78.8 Å². The van der Waals surface area contributed by atoms with Crippen LogP contribution in [-0.4, -0.2) is 87.0 Å². The third-order valence-electron chi connectivity index (χ3n) is 6.75. The van der Waals surface area contributed by atoms with E-state index in [0.29, 0.717) is 35.9 Å². The summed E-state index contributed by atoms with van der Waals surface area (Å²) >= 11 is 0. The maximum Gasteiger partial charge on any atom is 0.222 e. The van der Waals surface area contributed by atoms with E-state index in [1.54, 1.807) is 25.1 Å². The molecular formula is C36H56FN5O3. The number of ketones is 1. The fourth-order valence-electron chi connectivity index (χ4n) is 4.35. The third-order valence-corrected chi connectivity index (χ3v) is 6.75. The van der Waals surface area contributed by atoms with Crippen LogP contribution in [0.3, 0.4) is 0 Å². The topological polar surface area (TPSA) is 94.1 Å². The number of piperazine rings is 1. The number of carbonyl (C=O) groups excluding carboxylic acids is 3. The molecule has 0 aliphatic carbocycles. The molecule has 3 rings (SSSR count). The van der Waals surface area contributed by atoms with Crippen molar-refractivity contribution in [3.05, 3.63) is 82.7 Å². The van der Waals surface area contributed by atoms with Crippen molar-refractivity contribution >= 4 is 23.8 Å². The van der Waals surface area contributed by atoms with E-state index in [0.717, 1.165) is 44.7 Å². The van der Waals surface area contributed by atoms with E-state index in [4.69, 9.17) is 0 Å². The van der Waals surface area contributed by atoms with Crippen LogP contribution in [0.5, 0.6) is 0 Å². The molecule has 45 heavy (non-hydrogen) atoms. The first-order chi connectivity index (χ1) is 21.4. The first-order valence-electron chi connectivity index (χ1n) is 15.6. The summed E-state index contributed by atoms with van der Waals surface area (Å²) in [5.41, 5.74) is 4.60. The zero-order valence-corrected chi connectivity index (χ0v) is 29.0. The molecule has 2 aromatic carbocycles. The molecule has 2 aromatic rings. The number of aryl methyl sites for hydroxylation is 1. The average molecular weight is 626 g/mol. The summed E-state index contributed by atoms with van der Waals surface area (Å²) in [6.45, 7) is 15.0. The Morgan fingerprint density at radius 1 is 1.04 bits per heavy atom. The molecule has 2 amide bonds. The molecule has 2 N–H and O–H groups in total. The van der Waals surface area contributed by atoms with Crippen LogP contribution in [0.4, 0.5) is 4.39 Å². The normalized spacial score (nSPS) is 13.0. The maximum absolute atomic E-state index is 13.2. The highest BCUT2D eigenvalue weighted by molar-refractivity contribution is 6.08. The second kappa shape index (κ2) is 24.6. The molecule has 1 heterocycles. The largest absolute Gasteiger partial charge is 0.354 e. The fraction of sp³-hybridized carbons (Fsp3) is 0.500. The Hall–Kier alpha value is -3.69. The molecular weight excluding hydrogens is 569 g/mol. The van der Waals surface area contributed by atoms with Gasteiger partial charge in [0.25, 0.3) is 0 Å². The van der Waals surface area contributed by atoms with Gasteiger partial charge in [-0.2, -0.15) is 0 Å². The highest BCUT2D eigenvalue weighted by Gasteiger charge is 2.18. The number of amides is 2. The zero-order valence-electron chi connectivity index (χ0n) is 29.0. The Morgan fingerprint density at radius 3 is 2.13 bits per heavy atom. The molecule has 1 atom stereocenters. The molecule has 0 aromatic heterocycles. The summed E-state index contributed by atoms with van der Waals surface area (Å²) in [4.78, 5) is 39.7. The summed E-state index contributed by atoms with van der Waals surface area (Å²) in [6, 6.07) is 15.9. The van der Waals surface area contributed by atoms with E-state index in [2.05, 4.69) is 73.6 Å². The van der Waals surface area contributed by atoms with Crippen molar-refractivity contribution in [2.45, 2.75) is 73.4 Å². The van der Waals surface area contributed by atoms with Crippen molar-refractivity contribution in [1.29, 1.82) is 0 Å². The van der Waals surface area contributed by atoms with Crippen molar-refractivity contribution in [3.63, 3.8) is 0 Å². The van der Waals surface area contributed by atoms with E-state index in [1.807, 2.05) is 30.1 Å². The number of carbonyl (C=O) groups is 3. The Balaban J connectivity index is 0.000000614. The minimum atomic E-state index is -0.244. The highest BCUT2D eigenvalue weighted by atomic mass is 19.1. The van der Waals surface area contributed by atoms with Gasteiger partial charge in [0.1, 0.15) is 11.6 Å². The minimum absolute atomic E-state index is 0.167. The van der Waals surface area contributed by atoms with Crippen LogP contribution in [0.25, 0.3) is 0 Å². The van der Waals surface area contributed by atoms with Gasteiger partial charge in [-0.1, -0.05) is 61.0 Å². The van der Waals surface area contributed by atoms with E-state index < -0.39 is 0 Å². The number of allylic oxidation sites excluding steroid dienone is 2. The predicted molar refractivity (Wildman–Crippen MR) is 185 cm³/mol. The van der Waals surface area contributed by atoms with Crippen molar-refractivity contribution in [3.8, 4) is 0 Å². The summed E-state index contributed by atoms with van der Waals surface area (Å²) in [6.07, 6.45) is 5.43. The van der Waals surface area contributed by atoms with Crippen LogP contribution in [0.2, 0.25) is 0 Å². The molecule has 0 bridgehead atoms. The number of hydrogen-bond donors (Lipinski definition) is 2. The Bertz CT molecular complexity index is 1180. The summed E-state index contributed by atoms with van der Waals surface area (Å²) in [5, 5.41) is 5.67. The monoisotopic (exact) mass is 625 g/mol. The number of benzene rings is 2. The summed E-state index contributed by atoms with van der Waals surface area (Å²) in [7, 11) is 5.99. The molecule has 9 heteroatoms. The molecule has 0 saturated carbocycles. The first kappa shape index (κ1) is 41.3. The van der Waals surface area contributed by atoms with Gasteiger partial charge in [-0.3, -0.25) is 14.6 Å². The van der Waals surface area contributed by atoms with Crippen molar-refractivity contribution in [1.82, 2.24) is 20.4 Å². The van der Waals surface area contributed by atoms with Crippen LogP contribution in [-0.2, 0) is 20.9 Å². The second-order valence-electron chi connectivity index (χ2n) is 11.3. The van der Waals surface area contributed by atoms with Gasteiger partial charge in [0, 0.05) is 57.8 Å². The van der Waals surface area contributed by atoms with E-state index in [-0.39, 0.29) is 18.1 Å². The van der Waals surface area contributed by atoms with E-state index >= 15 is 0 Å². The Kier molecular flexibility index (Phi) is 22.6. The number of Topliss-reactive ketones (excluding diaryl/α,β-unsaturated/α-hetero) is 1.